The number of fused-ring (bicyclic) bond motifs is 1. The minimum atomic E-state index is -0.371. The van der Waals surface area contributed by atoms with Gasteiger partial charge in [0.2, 0.25) is 11.6 Å². The van der Waals surface area contributed by atoms with Gasteiger partial charge in [0.15, 0.2) is 0 Å². The van der Waals surface area contributed by atoms with Crippen LogP contribution in [-0.2, 0) is 11.2 Å². The first kappa shape index (κ1) is 20.5. The maximum atomic E-state index is 13.1. The lowest BCUT2D eigenvalue weighted by Crippen LogP contribution is -2.20. The summed E-state index contributed by atoms with van der Waals surface area (Å²) in [7, 11) is 0. The summed E-state index contributed by atoms with van der Waals surface area (Å²) in [6, 6.07) is 11.6. The molecule has 4 rings (SSSR count). The molecule has 0 atom stereocenters. The fourth-order valence-electron chi connectivity index (χ4n) is 3.59. The van der Waals surface area contributed by atoms with Crippen LogP contribution in [0.4, 0.5) is 10.1 Å². The molecule has 8 heteroatoms. The predicted molar refractivity (Wildman–Crippen MR) is 116 cm³/mol. The fourth-order valence-corrected chi connectivity index (χ4v) is 3.59. The number of amides is 1. The van der Waals surface area contributed by atoms with Gasteiger partial charge in [-0.1, -0.05) is 6.07 Å². The molecule has 1 amide bonds. The second kappa shape index (κ2) is 8.51. The van der Waals surface area contributed by atoms with Crippen molar-refractivity contribution in [3.63, 3.8) is 0 Å². The van der Waals surface area contributed by atoms with Crippen LogP contribution in [0.2, 0.25) is 0 Å². The van der Waals surface area contributed by atoms with E-state index in [-0.39, 0.29) is 22.9 Å². The number of carbonyl (C=O) groups excluding carboxylic acids is 1. The zero-order chi connectivity index (χ0) is 22.0. The quantitative estimate of drug-likeness (QED) is 0.518. The maximum absolute atomic E-state index is 13.1. The van der Waals surface area contributed by atoms with Gasteiger partial charge in [-0.25, -0.2) is 4.39 Å². The second-order valence-corrected chi connectivity index (χ2v) is 7.54. The third-order valence-electron chi connectivity index (χ3n) is 4.96. The topological polar surface area (TPSA) is 81.3 Å². The van der Waals surface area contributed by atoms with Crippen LogP contribution in [0.3, 0.4) is 0 Å². The van der Waals surface area contributed by atoms with Gasteiger partial charge in [0, 0.05) is 36.6 Å². The number of anilines is 1. The minimum Gasteiger partial charge on any atom is -0.326 e. The van der Waals surface area contributed by atoms with Gasteiger partial charge in [-0.15, -0.1) is 10.2 Å². The molecule has 0 fully saturated rings. The van der Waals surface area contributed by atoms with Crippen LogP contribution >= 0.6 is 0 Å². The Balaban J connectivity index is 1.43. The molecule has 2 aromatic carbocycles. The van der Waals surface area contributed by atoms with Crippen LogP contribution in [0.15, 0.2) is 59.7 Å². The van der Waals surface area contributed by atoms with E-state index in [1.165, 1.54) is 28.8 Å². The maximum Gasteiger partial charge on any atom is 0.300 e. The van der Waals surface area contributed by atoms with Gasteiger partial charge in [0.1, 0.15) is 11.6 Å². The summed E-state index contributed by atoms with van der Waals surface area (Å²) in [4.78, 5) is 25.0. The lowest BCUT2D eigenvalue weighted by atomic mass is 10.1. The molecular weight excluding hydrogens is 397 g/mol. The summed E-state index contributed by atoms with van der Waals surface area (Å²) in [5, 5.41) is 11.0. The van der Waals surface area contributed by atoms with Crippen molar-refractivity contribution < 1.29 is 9.18 Å². The van der Waals surface area contributed by atoms with Gasteiger partial charge < -0.3 is 5.32 Å². The van der Waals surface area contributed by atoms with Gasteiger partial charge in [-0.05, 0) is 67.8 Å². The Hall–Kier alpha value is -3.81. The van der Waals surface area contributed by atoms with Gasteiger partial charge in [-0.3, -0.25) is 18.6 Å². The highest BCUT2D eigenvalue weighted by molar-refractivity contribution is 5.90. The molecule has 0 aliphatic carbocycles. The fraction of sp³-hybridized carbons (Fsp3) is 0.217. The van der Waals surface area contributed by atoms with Gasteiger partial charge in [0.25, 0.3) is 0 Å². The van der Waals surface area contributed by atoms with E-state index in [2.05, 4.69) is 21.6 Å². The molecule has 0 saturated carbocycles. The molecule has 158 valence electrons. The van der Waals surface area contributed by atoms with Gasteiger partial charge in [0.05, 0.1) is 0 Å². The third-order valence-corrected chi connectivity index (χ3v) is 4.96. The first-order chi connectivity index (χ1) is 14.9. The SMILES string of the molecule is Cc1cc(C)cc(NC(=O)CCCc2nnc3c(=O)n(-c4ccc(F)cc4)ccn23)c1. The standard InChI is InChI=1S/C23H22FN5O2/c1-15-12-16(2)14-18(13-15)25-21(30)5-3-4-20-26-27-22-23(31)28(10-11-29(20)22)19-8-6-17(24)7-9-19/h6-14H,3-5H2,1-2H3,(H,25,30). The predicted octanol–water partition coefficient (Wildman–Crippen LogP) is 3.60. The summed E-state index contributed by atoms with van der Waals surface area (Å²) in [6.45, 7) is 3.98. The van der Waals surface area contributed by atoms with Crippen molar-refractivity contribution in [3.05, 3.63) is 88.0 Å². The molecule has 2 heterocycles. The van der Waals surface area contributed by atoms with Crippen molar-refractivity contribution in [2.45, 2.75) is 33.1 Å². The Labute approximate surface area is 178 Å². The van der Waals surface area contributed by atoms with Crippen molar-refractivity contribution in [3.8, 4) is 5.69 Å². The normalized spacial score (nSPS) is 11.1. The van der Waals surface area contributed by atoms with E-state index in [0.29, 0.717) is 30.8 Å². The molecule has 31 heavy (non-hydrogen) atoms. The van der Waals surface area contributed by atoms with Crippen LogP contribution in [0.25, 0.3) is 11.3 Å². The van der Waals surface area contributed by atoms with E-state index >= 15 is 0 Å². The van der Waals surface area contributed by atoms with Crippen molar-refractivity contribution in [2.24, 2.45) is 0 Å². The van der Waals surface area contributed by atoms with E-state index in [1.54, 1.807) is 16.8 Å². The average molecular weight is 419 g/mol. The summed E-state index contributed by atoms with van der Waals surface area (Å²) in [5.41, 5.74) is 3.35. The molecule has 0 unspecified atom stereocenters. The second-order valence-electron chi connectivity index (χ2n) is 7.54. The summed E-state index contributed by atoms with van der Waals surface area (Å²) in [5.74, 6) is 0.166. The minimum absolute atomic E-state index is 0.0718. The number of rotatable bonds is 6. The highest BCUT2D eigenvalue weighted by Crippen LogP contribution is 2.15. The van der Waals surface area contributed by atoms with Gasteiger partial charge >= 0.3 is 5.56 Å². The number of aromatic nitrogens is 4. The first-order valence-corrected chi connectivity index (χ1v) is 10.00. The van der Waals surface area contributed by atoms with Crippen molar-refractivity contribution >= 4 is 17.2 Å². The molecule has 0 aliphatic heterocycles. The zero-order valence-electron chi connectivity index (χ0n) is 17.3. The summed E-state index contributed by atoms with van der Waals surface area (Å²) >= 11 is 0. The Morgan fingerprint density at radius 1 is 1.03 bits per heavy atom. The molecule has 0 bridgehead atoms. The van der Waals surface area contributed by atoms with E-state index in [1.807, 2.05) is 26.0 Å². The third kappa shape index (κ3) is 4.53. The van der Waals surface area contributed by atoms with E-state index in [9.17, 15) is 14.0 Å². The smallest absolute Gasteiger partial charge is 0.300 e. The Kier molecular flexibility index (Phi) is 5.62. The highest BCUT2D eigenvalue weighted by Gasteiger charge is 2.12. The Morgan fingerprint density at radius 3 is 2.45 bits per heavy atom. The number of hydrogen-bond donors (Lipinski definition) is 1. The molecule has 7 nitrogen and oxygen atoms in total. The number of hydrogen-bond acceptors (Lipinski definition) is 4. The molecule has 0 aliphatic rings. The largest absolute Gasteiger partial charge is 0.326 e. The van der Waals surface area contributed by atoms with Gasteiger partial charge in [-0.2, -0.15) is 0 Å². The highest BCUT2D eigenvalue weighted by atomic mass is 19.1. The van der Waals surface area contributed by atoms with E-state index < -0.39 is 0 Å². The Morgan fingerprint density at radius 2 is 1.74 bits per heavy atom. The molecule has 0 spiro atoms. The lowest BCUT2D eigenvalue weighted by Gasteiger charge is -2.08. The zero-order valence-corrected chi connectivity index (χ0v) is 17.3. The van der Waals surface area contributed by atoms with Crippen LogP contribution in [-0.4, -0.2) is 25.1 Å². The van der Waals surface area contributed by atoms with E-state index in [4.69, 9.17) is 0 Å². The van der Waals surface area contributed by atoms with Crippen LogP contribution in [0.5, 0.6) is 0 Å². The molecule has 0 saturated heterocycles. The number of benzene rings is 2. The number of aryl methyl sites for hydroxylation is 3. The van der Waals surface area contributed by atoms with Crippen molar-refractivity contribution in [1.82, 2.24) is 19.2 Å². The molecule has 4 aromatic rings. The molecule has 0 radical (unpaired) electrons. The summed E-state index contributed by atoms with van der Waals surface area (Å²) < 4.78 is 16.2. The molecular formula is C23H22FN5O2. The monoisotopic (exact) mass is 419 g/mol. The number of nitrogens with one attached hydrogen (secondary N) is 1. The lowest BCUT2D eigenvalue weighted by molar-refractivity contribution is -0.116. The van der Waals surface area contributed by atoms with Crippen LogP contribution < -0.4 is 10.9 Å². The number of halogens is 1. The average Bonchev–Trinajstić information content (AvgIpc) is 3.12. The van der Waals surface area contributed by atoms with E-state index in [0.717, 1.165) is 16.8 Å². The van der Waals surface area contributed by atoms with Crippen LogP contribution in [0, 0.1) is 19.7 Å². The summed E-state index contributed by atoms with van der Waals surface area (Å²) in [6.07, 6.45) is 4.70. The molecule has 2 aromatic heterocycles. The van der Waals surface area contributed by atoms with Crippen molar-refractivity contribution in [1.29, 1.82) is 0 Å². The number of carbonyl (C=O) groups is 1. The van der Waals surface area contributed by atoms with Crippen LogP contribution in [0.1, 0.15) is 29.8 Å². The Bertz CT molecular complexity index is 1290. The van der Waals surface area contributed by atoms with Crippen molar-refractivity contribution in [2.75, 3.05) is 5.32 Å². The molecule has 1 N–H and O–H groups in total. The first-order valence-electron chi connectivity index (χ1n) is 10.00. The number of nitrogens with zero attached hydrogens (tertiary/aromatic N) is 4.